The van der Waals surface area contributed by atoms with Crippen molar-refractivity contribution in [2.45, 2.75) is 32.3 Å². The van der Waals surface area contributed by atoms with E-state index in [2.05, 4.69) is 37.0 Å². The van der Waals surface area contributed by atoms with Crippen LogP contribution in [0.1, 0.15) is 30.7 Å². The quantitative estimate of drug-likeness (QED) is 0.796. The fourth-order valence-corrected chi connectivity index (χ4v) is 2.40. The van der Waals surface area contributed by atoms with Gasteiger partial charge in [0.15, 0.2) is 0 Å². The highest BCUT2D eigenvalue weighted by molar-refractivity contribution is 5.78. The molecular weight excluding hydrogens is 200 g/mol. The van der Waals surface area contributed by atoms with E-state index < -0.39 is 0 Å². The second kappa shape index (κ2) is 3.59. The average Bonchev–Trinajstić information content (AvgIpc) is 2.84. The van der Waals surface area contributed by atoms with Gasteiger partial charge in [-0.3, -0.25) is 0 Å². The first-order valence-electron chi connectivity index (χ1n) is 5.81. The van der Waals surface area contributed by atoms with Crippen molar-refractivity contribution >= 4 is 11.0 Å². The molecule has 3 heteroatoms. The van der Waals surface area contributed by atoms with Crippen LogP contribution < -0.4 is 0 Å². The number of hydrogen-bond acceptors (Lipinski definition) is 2. The summed E-state index contributed by atoms with van der Waals surface area (Å²) in [5.74, 6) is 1.51. The van der Waals surface area contributed by atoms with E-state index in [1.165, 1.54) is 5.56 Å². The molecule has 0 spiro atoms. The van der Waals surface area contributed by atoms with Crippen molar-refractivity contribution in [3.8, 4) is 0 Å². The number of imidazole rings is 1. The summed E-state index contributed by atoms with van der Waals surface area (Å²) in [6, 6.07) is 6.24. The first-order valence-corrected chi connectivity index (χ1v) is 5.81. The highest BCUT2D eigenvalue weighted by Gasteiger charge is 2.26. The number of aromatic nitrogens is 2. The lowest BCUT2D eigenvalue weighted by atomic mass is 10.1. The third-order valence-corrected chi connectivity index (χ3v) is 3.32. The van der Waals surface area contributed by atoms with E-state index in [-0.39, 0.29) is 0 Å². The molecule has 1 N–H and O–H groups in total. The van der Waals surface area contributed by atoms with Crippen LogP contribution in [0.3, 0.4) is 0 Å². The largest absolute Gasteiger partial charge is 0.378 e. The number of aromatic amines is 1. The third-order valence-electron chi connectivity index (χ3n) is 3.32. The molecule has 2 unspecified atom stereocenters. The molecule has 0 saturated carbocycles. The Bertz CT molecular complexity index is 518. The van der Waals surface area contributed by atoms with Crippen LogP contribution >= 0.6 is 0 Å². The van der Waals surface area contributed by atoms with Crippen molar-refractivity contribution < 1.29 is 4.74 Å². The van der Waals surface area contributed by atoms with Gasteiger partial charge in [-0.2, -0.15) is 0 Å². The predicted octanol–water partition coefficient (Wildman–Crippen LogP) is 2.76. The van der Waals surface area contributed by atoms with Crippen molar-refractivity contribution in [2.75, 3.05) is 6.61 Å². The molecule has 1 aliphatic heterocycles. The number of para-hydroxylation sites is 1. The highest BCUT2D eigenvalue weighted by Crippen LogP contribution is 2.29. The van der Waals surface area contributed by atoms with Gasteiger partial charge in [-0.05, 0) is 31.9 Å². The molecule has 3 nitrogen and oxygen atoms in total. The van der Waals surface area contributed by atoms with E-state index in [9.17, 15) is 0 Å². The van der Waals surface area contributed by atoms with Crippen LogP contribution in [-0.4, -0.2) is 22.7 Å². The number of H-pyrrole nitrogens is 1. The third kappa shape index (κ3) is 1.52. The minimum absolute atomic E-state index is 0.360. The Hall–Kier alpha value is -1.35. The van der Waals surface area contributed by atoms with Crippen LogP contribution in [-0.2, 0) is 4.74 Å². The van der Waals surface area contributed by atoms with Gasteiger partial charge in [0.05, 0.1) is 23.7 Å². The maximum Gasteiger partial charge on any atom is 0.112 e. The smallest absolute Gasteiger partial charge is 0.112 e. The van der Waals surface area contributed by atoms with Gasteiger partial charge in [-0.15, -0.1) is 0 Å². The summed E-state index contributed by atoms with van der Waals surface area (Å²) in [5.41, 5.74) is 3.46. The van der Waals surface area contributed by atoms with E-state index in [1.807, 2.05) is 0 Å². The molecule has 1 aliphatic rings. The molecule has 0 bridgehead atoms. The van der Waals surface area contributed by atoms with Gasteiger partial charge in [0.25, 0.3) is 0 Å². The maximum absolute atomic E-state index is 5.59. The normalized spacial score (nSPS) is 25.4. The predicted molar refractivity (Wildman–Crippen MR) is 63.6 cm³/mol. The van der Waals surface area contributed by atoms with Crippen molar-refractivity contribution in [1.82, 2.24) is 9.97 Å². The molecule has 1 fully saturated rings. The highest BCUT2D eigenvalue weighted by atomic mass is 16.5. The number of ether oxygens (including phenoxy) is 1. The monoisotopic (exact) mass is 216 g/mol. The lowest BCUT2D eigenvalue weighted by Crippen LogP contribution is -2.00. The van der Waals surface area contributed by atoms with E-state index >= 15 is 0 Å². The van der Waals surface area contributed by atoms with Gasteiger partial charge in [0.1, 0.15) is 5.82 Å². The van der Waals surface area contributed by atoms with Crippen molar-refractivity contribution in [3.05, 3.63) is 29.6 Å². The van der Waals surface area contributed by atoms with Gasteiger partial charge in [-0.1, -0.05) is 12.1 Å². The maximum atomic E-state index is 5.59. The SMILES string of the molecule is Cc1cccc2[nH]c(C3COC(C)C3)nc12. The average molecular weight is 216 g/mol. The van der Waals surface area contributed by atoms with Gasteiger partial charge in [0.2, 0.25) is 0 Å². The number of aryl methyl sites for hydroxylation is 1. The molecule has 3 rings (SSSR count). The van der Waals surface area contributed by atoms with E-state index in [4.69, 9.17) is 9.72 Å². The summed E-state index contributed by atoms with van der Waals surface area (Å²) < 4.78 is 5.59. The molecule has 2 aromatic rings. The fourth-order valence-electron chi connectivity index (χ4n) is 2.40. The van der Waals surface area contributed by atoms with E-state index in [1.54, 1.807) is 0 Å². The molecule has 0 amide bonds. The Labute approximate surface area is 94.8 Å². The second-order valence-corrected chi connectivity index (χ2v) is 4.67. The minimum Gasteiger partial charge on any atom is -0.378 e. The van der Waals surface area contributed by atoms with Crippen LogP contribution in [0, 0.1) is 6.92 Å². The zero-order valence-corrected chi connectivity index (χ0v) is 9.66. The lowest BCUT2D eigenvalue weighted by molar-refractivity contribution is 0.123. The molecule has 1 aromatic carbocycles. The number of benzene rings is 1. The van der Waals surface area contributed by atoms with Gasteiger partial charge in [-0.25, -0.2) is 4.98 Å². The van der Waals surface area contributed by atoms with E-state index in [0.717, 1.165) is 29.9 Å². The van der Waals surface area contributed by atoms with Crippen LogP contribution in [0.5, 0.6) is 0 Å². The minimum atomic E-state index is 0.360. The molecule has 2 heterocycles. The number of nitrogens with one attached hydrogen (secondary N) is 1. The van der Waals surface area contributed by atoms with Crippen LogP contribution in [0.25, 0.3) is 11.0 Å². The van der Waals surface area contributed by atoms with Gasteiger partial charge < -0.3 is 9.72 Å². The first kappa shape index (κ1) is 9.85. The van der Waals surface area contributed by atoms with Crippen molar-refractivity contribution in [3.63, 3.8) is 0 Å². The Morgan fingerprint density at radius 1 is 1.44 bits per heavy atom. The molecule has 1 saturated heterocycles. The molecule has 1 aromatic heterocycles. The summed E-state index contributed by atoms with van der Waals surface area (Å²) in [4.78, 5) is 8.10. The summed E-state index contributed by atoms with van der Waals surface area (Å²) in [5, 5.41) is 0. The summed E-state index contributed by atoms with van der Waals surface area (Å²) in [7, 11) is 0. The Morgan fingerprint density at radius 2 is 2.31 bits per heavy atom. The van der Waals surface area contributed by atoms with E-state index in [0.29, 0.717) is 12.0 Å². The summed E-state index contributed by atoms with van der Waals surface area (Å²) >= 11 is 0. The number of nitrogens with zero attached hydrogens (tertiary/aromatic N) is 1. The van der Waals surface area contributed by atoms with Crippen LogP contribution in [0.2, 0.25) is 0 Å². The number of fused-ring (bicyclic) bond motifs is 1. The Balaban J connectivity index is 2.02. The zero-order valence-electron chi connectivity index (χ0n) is 9.66. The van der Waals surface area contributed by atoms with Crippen molar-refractivity contribution in [1.29, 1.82) is 0 Å². The molecule has 0 aliphatic carbocycles. The zero-order chi connectivity index (χ0) is 11.1. The Kier molecular flexibility index (Phi) is 2.21. The molecule has 16 heavy (non-hydrogen) atoms. The Morgan fingerprint density at radius 3 is 3.00 bits per heavy atom. The molecule has 84 valence electrons. The van der Waals surface area contributed by atoms with Crippen molar-refractivity contribution in [2.24, 2.45) is 0 Å². The first-order chi connectivity index (χ1) is 7.74. The second-order valence-electron chi connectivity index (χ2n) is 4.67. The lowest BCUT2D eigenvalue weighted by Gasteiger charge is -2.01. The van der Waals surface area contributed by atoms with Crippen LogP contribution in [0.15, 0.2) is 18.2 Å². The topological polar surface area (TPSA) is 37.9 Å². The molecular formula is C13H16N2O. The molecule has 2 atom stereocenters. The van der Waals surface area contributed by atoms with Gasteiger partial charge >= 0.3 is 0 Å². The number of rotatable bonds is 1. The standard InChI is InChI=1S/C13H16N2O/c1-8-4-3-5-11-12(8)15-13(14-11)10-6-9(2)16-7-10/h3-5,9-10H,6-7H2,1-2H3,(H,14,15). The molecule has 0 radical (unpaired) electrons. The summed E-state index contributed by atoms with van der Waals surface area (Å²) in [6.45, 7) is 5.01. The summed E-state index contributed by atoms with van der Waals surface area (Å²) in [6.07, 6.45) is 1.43. The van der Waals surface area contributed by atoms with Gasteiger partial charge in [0, 0.05) is 5.92 Å². The van der Waals surface area contributed by atoms with Crippen LogP contribution in [0.4, 0.5) is 0 Å². The number of hydrogen-bond donors (Lipinski definition) is 1. The fraction of sp³-hybridized carbons (Fsp3) is 0.462.